The molecule has 0 aliphatic heterocycles. The Kier molecular flexibility index (Phi) is 4.28. The minimum atomic E-state index is -3.51. The van der Waals surface area contributed by atoms with Crippen LogP contribution >= 0.6 is 0 Å². The summed E-state index contributed by atoms with van der Waals surface area (Å²) in [5.74, 6) is -0.0796. The van der Waals surface area contributed by atoms with E-state index in [4.69, 9.17) is 10.00 Å². The van der Waals surface area contributed by atoms with Crippen LogP contribution in [-0.2, 0) is 14.8 Å². The van der Waals surface area contributed by atoms with E-state index in [-0.39, 0.29) is 23.7 Å². The van der Waals surface area contributed by atoms with Gasteiger partial charge in [0.25, 0.3) is 0 Å². The second-order valence-electron chi connectivity index (χ2n) is 2.89. The highest BCUT2D eigenvalue weighted by Crippen LogP contribution is 2.10. The molecule has 1 aromatic rings. The van der Waals surface area contributed by atoms with Gasteiger partial charge in [-0.1, -0.05) is 0 Å². The monoisotopic (exact) mass is 244 g/mol. The highest BCUT2D eigenvalue weighted by molar-refractivity contribution is 7.92. The van der Waals surface area contributed by atoms with Gasteiger partial charge >= 0.3 is 0 Å². The van der Waals surface area contributed by atoms with E-state index in [2.05, 4.69) is 14.9 Å². The lowest BCUT2D eigenvalue weighted by atomic mass is 10.4. The van der Waals surface area contributed by atoms with Gasteiger partial charge in [0, 0.05) is 6.61 Å². The molecular formula is C8H12N4O3S. The third kappa shape index (κ3) is 3.52. The molecule has 0 atom stereocenters. The highest BCUT2D eigenvalue weighted by atomic mass is 32.2. The number of hydrogen-bond donors (Lipinski definition) is 2. The van der Waals surface area contributed by atoms with Crippen molar-refractivity contribution in [3.63, 3.8) is 0 Å². The summed E-state index contributed by atoms with van der Waals surface area (Å²) < 4.78 is 30.1. The molecule has 8 heteroatoms. The van der Waals surface area contributed by atoms with Gasteiger partial charge in [-0.2, -0.15) is 10.4 Å². The van der Waals surface area contributed by atoms with Crippen LogP contribution in [0.1, 0.15) is 12.5 Å². The number of anilines is 1. The molecule has 0 bridgehead atoms. The van der Waals surface area contributed by atoms with Gasteiger partial charge < -0.3 is 4.74 Å². The molecule has 88 valence electrons. The van der Waals surface area contributed by atoms with Gasteiger partial charge in [-0.15, -0.1) is 0 Å². The molecule has 0 amide bonds. The smallest absolute Gasteiger partial charge is 0.236 e. The first-order valence-corrected chi connectivity index (χ1v) is 6.26. The largest absolute Gasteiger partial charge is 0.381 e. The van der Waals surface area contributed by atoms with Crippen LogP contribution in [0.3, 0.4) is 0 Å². The van der Waals surface area contributed by atoms with Crippen LogP contribution in [0.15, 0.2) is 6.20 Å². The molecule has 0 aliphatic carbocycles. The summed E-state index contributed by atoms with van der Waals surface area (Å²) in [5, 5.41) is 14.6. The van der Waals surface area contributed by atoms with Crippen LogP contribution in [-0.4, -0.2) is 37.6 Å². The summed E-state index contributed by atoms with van der Waals surface area (Å²) in [6, 6.07) is 1.81. The molecule has 1 aromatic heterocycles. The quantitative estimate of drug-likeness (QED) is 0.688. The zero-order valence-corrected chi connectivity index (χ0v) is 9.54. The van der Waals surface area contributed by atoms with Gasteiger partial charge in [0.1, 0.15) is 11.6 Å². The third-order valence-electron chi connectivity index (χ3n) is 1.72. The summed E-state index contributed by atoms with van der Waals surface area (Å²) in [6.07, 6.45) is 1.25. The summed E-state index contributed by atoms with van der Waals surface area (Å²) in [4.78, 5) is 0. The van der Waals surface area contributed by atoms with Crippen LogP contribution in [0.4, 0.5) is 5.82 Å². The van der Waals surface area contributed by atoms with Crippen molar-refractivity contribution in [3.05, 3.63) is 11.8 Å². The highest BCUT2D eigenvalue weighted by Gasteiger charge is 2.14. The fourth-order valence-corrected chi connectivity index (χ4v) is 1.87. The number of aromatic nitrogens is 2. The van der Waals surface area contributed by atoms with Crippen molar-refractivity contribution >= 4 is 15.8 Å². The molecule has 0 aliphatic rings. The number of rotatable bonds is 6. The Morgan fingerprint density at radius 2 is 2.44 bits per heavy atom. The first-order chi connectivity index (χ1) is 7.59. The summed E-state index contributed by atoms with van der Waals surface area (Å²) in [6.45, 7) is 2.35. The third-order valence-corrected chi connectivity index (χ3v) is 2.94. The van der Waals surface area contributed by atoms with Crippen LogP contribution in [0.5, 0.6) is 0 Å². The second-order valence-corrected chi connectivity index (χ2v) is 4.73. The number of hydrogen-bond acceptors (Lipinski definition) is 5. The number of nitriles is 1. The van der Waals surface area contributed by atoms with Gasteiger partial charge in [-0.25, -0.2) is 8.42 Å². The number of aromatic amines is 1. The van der Waals surface area contributed by atoms with E-state index in [0.717, 1.165) is 0 Å². The molecule has 0 unspecified atom stereocenters. The van der Waals surface area contributed by atoms with E-state index in [9.17, 15) is 8.42 Å². The zero-order valence-electron chi connectivity index (χ0n) is 8.73. The SMILES string of the molecule is CCOCCS(=O)(=O)Nc1[nH]ncc1C#N. The average molecular weight is 244 g/mol. The predicted molar refractivity (Wildman–Crippen MR) is 57.2 cm³/mol. The molecule has 7 nitrogen and oxygen atoms in total. The van der Waals surface area contributed by atoms with E-state index in [1.54, 1.807) is 6.92 Å². The Labute approximate surface area is 93.5 Å². The Morgan fingerprint density at radius 3 is 3.06 bits per heavy atom. The summed E-state index contributed by atoms with van der Waals surface area (Å²) >= 11 is 0. The van der Waals surface area contributed by atoms with Crippen molar-refractivity contribution in [1.29, 1.82) is 5.26 Å². The number of sulfonamides is 1. The van der Waals surface area contributed by atoms with Gasteiger partial charge in [0.05, 0.1) is 18.6 Å². The number of H-pyrrole nitrogens is 1. The Morgan fingerprint density at radius 1 is 1.69 bits per heavy atom. The number of nitrogens with zero attached hydrogens (tertiary/aromatic N) is 2. The standard InChI is InChI=1S/C8H12N4O3S/c1-2-15-3-4-16(13,14)12-8-7(5-9)6-10-11-8/h6H,2-4H2,1H3,(H2,10,11,12). The molecule has 1 rings (SSSR count). The topological polar surface area (TPSA) is 108 Å². The maximum Gasteiger partial charge on any atom is 0.236 e. The lowest BCUT2D eigenvalue weighted by Crippen LogP contribution is -2.20. The predicted octanol–water partition coefficient (Wildman–Crippen LogP) is 0.0596. The molecular weight excluding hydrogens is 232 g/mol. The van der Waals surface area contributed by atoms with Crippen LogP contribution in [0.25, 0.3) is 0 Å². The molecule has 0 saturated carbocycles. The van der Waals surface area contributed by atoms with Gasteiger partial charge in [0.15, 0.2) is 5.82 Å². The normalized spacial score (nSPS) is 11.0. The Hall–Kier alpha value is -1.59. The van der Waals surface area contributed by atoms with E-state index in [1.807, 2.05) is 6.07 Å². The lowest BCUT2D eigenvalue weighted by Gasteiger charge is -2.05. The second kappa shape index (κ2) is 5.48. The lowest BCUT2D eigenvalue weighted by molar-refractivity contribution is 0.163. The van der Waals surface area contributed by atoms with E-state index >= 15 is 0 Å². The van der Waals surface area contributed by atoms with Gasteiger partial charge in [-0.05, 0) is 6.92 Å². The van der Waals surface area contributed by atoms with Crippen molar-refractivity contribution in [2.24, 2.45) is 0 Å². The molecule has 16 heavy (non-hydrogen) atoms. The van der Waals surface area contributed by atoms with E-state index < -0.39 is 10.0 Å². The number of nitrogens with one attached hydrogen (secondary N) is 2. The summed E-state index contributed by atoms with van der Waals surface area (Å²) in [7, 11) is -3.51. The van der Waals surface area contributed by atoms with Gasteiger partial charge in [0.2, 0.25) is 10.0 Å². The number of ether oxygens (including phenoxy) is 1. The minimum Gasteiger partial charge on any atom is -0.381 e. The Balaban J connectivity index is 2.63. The molecule has 0 saturated heterocycles. The average Bonchev–Trinajstić information content (AvgIpc) is 2.64. The summed E-state index contributed by atoms with van der Waals surface area (Å²) in [5.41, 5.74) is 0.153. The van der Waals surface area contributed by atoms with Crippen molar-refractivity contribution in [2.45, 2.75) is 6.92 Å². The molecule has 2 N–H and O–H groups in total. The minimum absolute atomic E-state index is 0.0824. The van der Waals surface area contributed by atoms with Crippen molar-refractivity contribution in [1.82, 2.24) is 10.2 Å². The van der Waals surface area contributed by atoms with E-state index in [0.29, 0.717) is 6.61 Å². The molecule has 0 aromatic carbocycles. The van der Waals surface area contributed by atoms with E-state index in [1.165, 1.54) is 6.20 Å². The first kappa shape index (κ1) is 12.5. The molecule has 0 spiro atoms. The fourth-order valence-electron chi connectivity index (χ4n) is 0.968. The van der Waals surface area contributed by atoms with Crippen molar-refractivity contribution < 1.29 is 13.2 Å². The first-order valence-electron chi connectivity index (χ1n) is 4.60. The molecule has 1 heterocycles. The maximum atomic E-state index is 11.5. The fraction of sp³-hybridized carbons (Fsp3) is 0.500. The molecule has 0 fully saturated rings. The van der Waals surface area contributed by atoms with Crippen LogP contribution < -0.4 is 4.72 Å². The van der Waals surface area contributed by atoms with Crippen molar-refractivity contribution in [2.75, 3.05) is 23.7 Å². The zero-order chi connectivity index (χ0) is 12.0. The Bertz CT molecular complexity index is 474. The maximum absolute atomic E-state index is 11.5. The van der Waals surface area contributed by atoms with Crippen LogP contribution in [0, 0.1) is 11.3 Å². The van der Waals surface area contributed by atoms with Crippen LogP contribution in [0.2, 0.25) is 0 Å². The van der Waals surface area contributed by atoms with Crippen molar-refractivity contribution in [3.8, 4) is 6.07 Å². The molecule has 0 radical (unpaired) electrons. The van der Waals surface area contributed by atoms with Gasteiger partial charge in [-0.3, -0.25) is 9.82 Å².